The highest BCUT2D eigenvalue weighted by Crippen LogP contribution is 2.10. The van der Waals surface area contributed by atoms with Crippen LogP contribution in [0, 0.1) is 18.3 Å². The number of hydrogen-bond donors (Lipinski definition) is 1. The van der Waals surface area contributed by atoms with Gasteiger partial charge in [0.1, 0.15) is 11.6 Å². The van der Waals surface area contributed by atoms with Gasteiger partial charge in [-0.25, -0.2) is 0 Å². The highest BCUT2D eigenvalue weighted by Gasteiger charge is 2.04. The molecule has 0 radical (unpaired) electrons. The number of nitrogen functional groups attached to an aromatic ring is 1. The molecule has 114 valence electrons. The number of nitriles is 1. The van der Waals surface area contributed by atoms with Crippen LogP contribution in [0.5, 0.6) is 0 Å². The fourth-order valence-corrected chi connectivity index (χ4v) is 1.48. The Morgan fingerprint density at radius 3 is 2.14 bits per heavy atom. The van der Waals surface area contributed by atoms with Gasteiger partial charge in [0.2, 0.25) is 0 Å². The number of aromatic nitrogens is 2. The molecule has 1 aromatic heterocycles. The molecule has 0 aliphatic carbocycles. The Morgan fingerprint density at radius 1 is 1.19 bits per heavy atom. The van der Waals surface area contributed by atoms with E-state index in [2.05, 4.69) is 18.9 Å². The Hall–Kier alpha value is -2.28. The van der Waals surface area contributed by atoms with Gasteiger partial charge in [-0.15, -0.1) is 0 Å². The minimum Gasteiger partial charge on any atom is -0.381 e. The summed E-state index contributed by atoms with van der Waals surface area (Å²) in [4.78, 5) is 0. The topological polar surface area (TPSA) is 67.6 Å². The summed E-state index contributed by atoms with van der Waals surface area (Å²) in [6, 6.07) is 10.2. The lowest BCUT2D eigenvalue weighted by Gasteiger charge is -2.01. The lowest BCUT2D eigenvalue weighted by molar-refractivity contribution is 0.690. The van der Waals surface area contributed by atoms with Gasteiger partial charge in [0.15, 0.2) is 5.82 Å². The summed E-state index contributed by atoms with van der Waals surface area (Å²) >= 11 is 0. The van der Waals surface area contributed by atoms with E-state index in [1.165, 1.54) is 12.0 Å². The number of nitrogens with two attached hydrogens (primary N) is 1. The molecule has 2 rings (SSSR count). The molecule has 0 amide bonds. The largest absolute Gasteiger partial charge is 0.381 e. The van der Waals surface area contributed by atoms with Gasteiger partial charge < -0.3 is 5.73 Å². The summed E-state index contributed by atoms with van der Waals surface area (Å²) in [5.74, 6) is 0.287. The van der Waals surface area contributed by atoms with Crippen molar-refractivity contribution >= 4 is 5.82 Å². The second kappa shape index (κ2) is 10.5. The standard InChI is InChI=1S/C12H12N4.C3H8.C2H6/c1-9-2-4-10(5-3-9)7-16-8-11(6-13)12(14)15-16;1-3-2;1-2/h2-5,8H,7H2,1H3,(H2,14,15);3H2,1-2H3;1-2H3. The summed E-state index contributed by atoms with van der Waals surface area (Å²) in [5.41, 5.74) is 8.36. The molecular formula is C17H26N4. The molecule has 0 spiro atoms. The van der Waals surface area contributed by atoms with Crippen molar-refractivity contribution in [1.82, 2.24) is 9.78 Å². The first-order valence-corrected chi connectivity index (χ1v) is 7.39. The normalized spacial score (nSPS) is 8.76. The summed E-state index contributed by atoms with van der Waals surface area (Å²) in [7, 11) is 0. The third-order valence-corrected chi connectivity index (χ3v) is 2.38. The quantitative estimate of drug-likeness (QED) is 0.902. The maximum atomic E-state index is 8.75. The van der Waals surface area contributed by atoms with Crippen molar-refractivity contribution in [2.75, 3.05) is 5.73 Å². The molecule has 0 saturated heterocycles. The second-order valence-electron chi connectivity index (χ2n) is 4.43. The van der Waals surface area contributed by atoms with Crippen molar-refractivity contribution in [2.45, 2.75) is 47.6 Å². The highest BCUT2D eigenvalue weighted by atomic mass is 15.3. The van der Waals surface area contributed by atoms with Gasteiger partial charge in [-0.1, -0.05) is 63.9 Å². The van der Waals surface area contributed by atoms with Crippen LogP contribution in [0.4, 0.5) is 5.82 Å². The van der Waals surface area contributed by atoms with Crippen LogP contribution in [0.1, 0.15) is 50.8 Å². The molecule has 2 aromatic rings. The number of nitrogens with zero attached hydrogens (tertiary/aromatic N) is 3. The molecule has 0 fully saturated rings. The van der Waals surface area contributed by atoms with E-state index >= 15 is 0 Å². The molecule has 21 heavy (non-hydrogen) atoms. The van der Waals surface area contributed by atoms with Crippen LogP contribution in [0.15, 0.2) is 30.5 Å². The van der Waals surface area contributed by atoms with Crippen LogP contribution < -0.4 is 5.73 Å². The minimum absolute atomic E-state index is 0.287. The van der Waals surface area contributed by atoms with Crippen LogP contribution in [0.25, 0.3) is 0 Å². The van der Waals surface area contributed by atoms with Crippen molar-refractivity contribution < 1.29 is 0 Å². The SMILES string of the molecule is CC.CCC.Cc1ccc(Cn2cc(C#N)c(N)n2)cc1. The van der Waals surface area contributed by atoms with Crippen molar-refractivity contribution in [3.05, 3.63) is 47.2 Å². The predicted molar refractivity (Wildman–Crippen MR) is 88.9 cm³/mol. The Kier molecular flexibility index (Phi) is 9.36. The van der Waals surface area contributed by atoms with Gasteiger partial charge in [-0.05, 0) is 12.5 Å². The molecule has 4 heteroatoms. The number of rotatable bonds is 2. The van der Waals surface area contributed by atoms with Crippen LogP contribution in [0.3, 0.4) is 0 Å². The molecular weight excluding hydrogens is 260 g/mol. The Morgan fingerprint density at radius 2 is 1.71 bits per heavy atom. The van der Waals surface area contributed by atoms with E-state index in [0.717, 1.165) is 5.56 Å². The van der Waals surface area contributed by atoms with Gasteiger partial charge in [0.25, 0.3) is 0 Å². The summed E-state index contributed by atoms with van der Waals surface area (Å²) in [6.07, 6.45) is 2.91. The average Bonchev–Trinajstić information content (AvgIpc) is 2.84. The first-order chi connectivity index (χ1) is 10.1. The molecule has 1 heterocycles. The van der Waals surface area contributed by atoms with E-state index in [4.69, 9.17) is 11.0 Å². The minimum atomic E-state index is 0.287. The van der Waals surface area contributed by atoms with Gasteiger partial charge in [0.05, 0.1) is 6.54 Å². The smallest absolute Gasteiger partial charge is 0.163 e. The molecule has 4 nitrogen and oxygen atoms in total. The monoisotopic (exact) mass is 286 g/mol. The van der Waals surface area contributed by atoms with E-state index in [-0.39, 0.29) is 5.82 Å². The van der Waals surface area contributed by atoms with Gasteiger partial charge in [-0.2, -0.15) is 10.4 Å². The number of benzene rings is 1. The lowest BCUT2D eigenvalue weighted by atomic mass is 10.1. The molecule has 0 aliphatic heterocycles. The zero-order chi connectivity index (χ0) is 16.3. The summed E-state index contributed by atoms with van der Waals surface area (Å²) in [6.45, 7) is 10.9. The van der Waals surface area contributed by atoms with Crippen molar-refractivity contribution in [3.8, 4) is 6.07 Å². The zero-order valence-corrected chi connectivity index (χ0v) is 13.7. The fourth-order valence-electron chi connectivity index (χ4n) is 1.48. The lowest BCUT2D eigenvalue weighted by Crippen LogP contribution is -2.00. The van der Waals surface area contributed by atoms with Crippen LogP contribution >= 0.6 is 0 Å². The van der Waals surface area contributed by atoms with E-state index in [0.29, 0.717) is 12.1 Å². The third kappa shape index (κ3) is 6.62. The van der Waals surface area contributed by atoms with Crippen molar-refractivity contribution in [2.24, 2.45) is 0 Å². The van der Waals surface area contributed by atoms with E-state index in [9.17, 15) is 0 Å². The number of hydrogen-bond acceptors (Lipinski definition) is 3. The summed E-state index contributed by atoms with van der Waals surface area (Å²) < 4.78 is 1.68. The maximum absolute atomic E-state index is 8.75. The predicted octanol–water partition coefficient (Wildman–Crippen LogP) is 4.14. The van der Waals surface area contributed by atoms with E-state index in [1.54, 1.807) is 10.9 Å². The second-order valence-corrected chi connectivity index (χ2v) is 4.43. The molecule has 1 aromatic carbocycles. The third-order valence-electron chi connectivity index (χ3n) is 2.38. The molecule has 2 N–H and O–H groups in total. The van der Waals surface area contributed by atoms with Crippen molar-refractivity contribution in [3.63, 3.8) is 0 Å². The van der Waals surface area contributed by atoms with Gasteiger partial charge in [-0.3, -0.25) is 4.68 Å². The average molecular weight is 286 g/mol. The highest BCUT2D eigenvalue weighted by molar-refractivity contribution is 5.46. The summed E-state index contributed by atoms with van der Waals surface area (Å²) in [5, 5.41) is 12.8. The zero-order valence-electron chi connectivity index (χ0n) is 13.7. The first-order valence-electron chi connectivity index (χ1n) is 7.39. The Bertz CT molecular complexity index is 547. The van der Waals surface area contributed by atoms with Crippen LogP contribution in [-0.4, -0.2) is 9.78 Å². The van der Waals surface area contributed by atoms with E-state index in [1.807, 2.05) is 51.1 Å². The number of anilines is 1. The van der Waals surface area contributed by atoms with Gasteiger partial charge in [0, 0.05) is 6.20 Å². The molecule has 0 bridgehead atoms. The van der Waals surface area contributed by atoms with Crippen LogP contribution in [0.2, 0.25) is 0 Å². The van der Waals surface area contributed by atoms with Crippen LogP contribution in [-0.2, 0) is 6.54 Å². The molecule has 0 unspecified atom stereocenters. The fraction of sp³-hybridized carbons (Fsp3) is 0.412. The molecule has 0 aliphatic rings. The Balaban J connectivity index is 0.000000713. The van der Waals surface area contributed by atoms with Gasteiger partial charge >= 0.3 is 0 Å². The van der Waals surface area contributed by atoms with E-state index < -0.39 is 0 Å². The first kappa shape index (κ1) is 18.7. The van der Waals surface area contributed by atoms with Crippen molar-refractivity contribution in [1.29, 1.82) is 5.26 Å². The maximum Gasteiger partial charge on any atom is 0.163 e. The molecule has 0 atom stereocenters. The molecule has 0 saturated carbocycles. The number of aryl methyl sites for hydroxylation is 1. The Labute approximate surface area is 128 Å².